The Hall–Kier alpha value is -0.970. The lowest BCUT2D eigenvalue weighted by atomic mass is 10.3. The van der Waals surface area contributed by atoms with Gasteiger partial charge in [-0.3, -0.25) is 0 Å². The molecule has 1 rings (SSSR count). The summed E-state index contributed by atoms with van der Waals surface area (Å²) in [6, 6.07) is 1.91. The van der Waals surface area contributed by atoms with Crippen molar-refractivity contribution in [3.63, 3.8) is 0 Å². The van der Waals surface area contributed by atoms with Gasteiger partial charge in [-0.25, -0.2) is 4.98 Å². The van der Waals surface area contributed by atoms with E-state index in [9.17, 15) is 0 Å². The Morgan fingerprint density at radius 2 is 2.21 bits per heavy atom. The van der Waals surface area contributed by atoms with E-state index in [1.54, 1.807) is 11.8 Å². The first-order valence-corrected chi connectivity index (χ1v) is 5.55. The van der Waals surface area contributed by atoms with E-state index >= 15 is 0 Å². The number of nitrogen functional groups attached to an aromatic ring is 1. The Bertz CT molecular complexity index is 301. The van der Waals surface area contributed by atoms with Crippen molar-refractivity contribution >= 4 is 23.5 Å². The molecule has 4 nitrogen and oxygen atoms in total. The molecule has 0 aliphatic heterocycles. The summed E-state index contributed by atoms with van der Waals surface area (Å²) < 4.78 is 0. The van der Waals surface area contributed by atoms with Crippen LogP contribution in [0.4, 0.5) is 11.8 Å². The molecule has 0 aliphatic carbocycles. The van der Waals surface area contributed by atoms with Gasteiger partial charge in [-0.15, -0.1) is 11.8 Å². The fraction of sp³-hybridized carbons (Fsp3) is 0.556. The van der Waals surface area contributed by atoms with Crippen LogP contribution >= 0.6 is 11.8 Å². The van der Waals surface area contributed by atoms with Crippen LogP contribution in [0.25, 0.3) is 0 Å². The van der Waals surface area contributed by atoms with Crippen LogP contribution in [0.2, 0.25) is 0 Å². The Labute approximate surface area is 88.7 Å². The second kappa shape index (κ2) is 5.05. The summed E-state index contributed by atoms with van der Waals surface area (Å²) in [5.74, 6) is 2.78. The second-order valence-corrected chi connectivity index (χ2v) is 4.44. The molecule has 1 aromatic rings. The number of hydrogen-bond acceptors (Lipinski definition) is 5. The summed E-state index contributed by atoms with van der Waals surface area (Å²) >= 11 is 1.70. The molecule has 78 valence electrons. The number of aromatic nitrogens is 2. The summed E-state index contributed by atoms with van der Waals surface area (Å²) in [5.41, 5.74) is 5.57. The van der Waals surface area contributed by atoms with Crippen molar-refractivity contribution in [3.8, 4) is 0 Å². The first kappa shape index (κ1) is 11.1. The predicted octanol–water partition coefficient (Wildman–Crippen LogP) is 1.85. The van der Waals surface area contributed by atoms with Crippen LogP contribution in [0, 0.1) is 5.92 Å². The van der Waals surface area contributed by atoms with Gasteiger partial charge in [0.05, 0.1) is 0 Å². The maximum atomic E-state index is 5.57. The minimum absolute atomic E-state index is 0.322. The van der Waals surface area contributed by atoms with Gasteiger partial charge in [-0.1, -0.05) is 13.8 Å². The van der Waals surface area contributed by atoms with E-state index in [2.05, 4.69) is 29.1 Å². The summed E-state index contributed by atoms with van der Waals surface area (Å²) in [7, 11) is 1.82. The van der Waals surface area contributed by atoms with Gasteiger partial charge < -0.3 is 11.1 Å². The lowest BCUT2D eigenvalue weighted by molar-refractivity contribution is 0.749. The monoisotopic (exact) mass is 212 g/mol. The van der Waals surface area contributed by atoms with Gasteiger partial charge >= 0.3 is 0 Å². The molecule has 1 aromatic heterocycles. The SMILES string of the molecule is CNc1cc(SCC(C)C)nc(N)n1. The molecule has 0 unspecified atom stereocenters. The molecule has 3 N–H and O–H groups in total. The molecule has 5 heteroatoms. The number of nitrogens with one attached hydrogen (secondary N) is 1. The highest BCUT2D eigenvalue weighted by atomic mass is 32.2. The third-order valence-electron chi connectivity index (χ3n) is 1.54. The predicted molar refractivity (Wildman–Crippen MR) is 61.6 cm³/mol. The highest BCUT2D eigenvalue weighted by molar-refractivity contribution is 7.99. The zero-order chi connectivity index (χ0) is 10.6. The standard InChI is InChI=1S/C9H16N4S/c1-6(2)5-14-8-4-7(11-3)12-9(10)13-8/h4,6H,5H2,1-3H3,(H3,10,11,12,13). The van der Waals surface area contributed by atoms with E-state index in [0.29, 0.717) is 11.9 Å². The fourth-order valence-corrected chi connectivity index (χ4v) is 1.75. The van der Waals surface area contributed by atoms with Crippen LogP contribution in [0.5, 0.6) is 0 Å². The van der Waals surface area contributed by atoms with Crippen LogP contribution in [0.1, 0.15) is 13.8 Å². The first-order valence-electron chi connectivity index (χ1n) is 4.57. The number of hydrogen-bond donors (Lipinski definition) is 2. The first-order chi connectivity index (χ1) is 6.61. The molecule has 0 radical (unpaired) electrons. The highest BCUT2D eigenvalue weighted by Crippen LogP contribution is 2.21. The third-order valence-corrected chi connectivity index (χ3v) is 2.88. The summed E-state index contributed by atoms with van der Waals surface area (Å²) in [4.78, 5) is 8.17. The largest absolute Gasteiger partial charge is 0.373 e. The Balaban J connectivity index is 2.71. The molecular weight excluding hydrogens is 196 g/mol. The fourth-order valence-electron chi connectivity index (χ4n) is 0.897. The van der Waals surface area contributed by atoms with Crippen molar-refractivity contribution < 1.29 is 0 Å². The number of nitrogens with zero attached hydrogens (tertiary/aromatic N) is 2. The van der Waals surface area contributed by atoms with E-state index in [0.717, 1.165) is 16.6 Å². The van der Waals surface area contributed by atoms with E-state index in [1.807, 2.05) is 13.1 Å². The van der Waals surface area contributed by atoms with Gasteiger partial charge in [0.25, 0.3) is 0 Å². The molecule has 0 saturated carbocycles. The number of anilines is 2. The summed E-state index contributed by atoms with van der Waals surface area (Å²) in [5, 5.41) is 3.88. The van der Waals surface area contributed by atoms with Crippen molar-refractivity contribution in [2.45, 2.75) is 18.9 Å². The van der Waals surface area contributed by atoms with E-state index < -0.39 is 0 Å². The van der Waals surface area contributed by atoms with Crippen LogP contribution in [-0.2, 0) is 0 Å². The molecule has 0 saturated heterocycles. The van der Waals surface area contributed by atoms with Crippen molar-refractivity contribution in [2.75, 3.05) is 23.9 Å². The van der Waals surface area contributed by atoms with Crippen LogP contribution in [0.15, 0.2) is 11.1 Å². The average molecular weight is 212 g/mol. The van der Waals surface area contributed by atoms with Gasteiger partial charge in [0.15, 0.2) is 0 Å². The Kier molecular flexibility index (Phi) is 4.00. The van der Waals surface area contributed by atoms with E-state index in [4.69, 9.17) is 5.73 Å². The number of nitrogens with two attached hydrogens (primary N) is 1. The van der Waals surface area contributed by atoms with Crippen molar-refractivity contribution in [1.82, 2.24) is 9.97 Å². The number of thioether (sulfide) groups is 1. The molecule has 0 amide bonds. The van der Waals surface area contributed by atoms with Crippen molar-refractivity contribution in [1.29, 1.82) is 0 Å². The molecular formula is C9H16N4S. The van der Waals surface area contributed by atoms with Crippen LogP contribution in [-0.4, -0.2) is 22.8 Å². The Morgan fingerprint density at radius 3 is 2.79 bits per heavy atom. The lowest BCUT2D eigenvalue weighted by Gasteiger charge is -2.06. The highest BCUT2D eigenvalue weighted by Gasteiger charge is 2.02. The molecule has 0 spiro atoms. The third kappa shape index (κ3) is 3.41. The minimum Gasteiger partial charge on any atom is -0.373 e. The molecule has 0 aromatic carbocycles. The molecule has 0 bridgehead atoms. The minimum atomic E-state index is 0.322. The van der Waals surface area contributed by atoms with Gasteiger partial charge in [0.1, 0.15) is 10.8 Å². The van der Waals surface area contributed by atoms with Gasteiger partial charge in [-0.05, 0) is 5.92 Å². The summed E-state index contributed by atoms with van der Waals surface area (Å²) in [6.45, 7) is 4.35. The molecule has 1 heterocycles. The average Bonchev–Trinajstić information content (AvgIpc) is 2.14. The maximum Gasteiger partial charge on any atom is 0.223 e. The quantitative estimate of drug-likeness (QED) is 0.589. The zero-order valence-electron chi connectivity index (χ0n) is 8.74. The Morgan fingerprint density at radius 1 is 1.50 bits per heavy atom. The maximum absolute atomic E-state index is 5.57. The van der Waals surface area contributed by atoms with Gasteiger partial charge in [0, 0.05) is 18.9 Å². The molecule has 0 fully saturated rings. The smallest absolute Gasteiger partial charge is 0.223 e. The van der Waals surface area contributed by atoms with Crippen molar-refractivity contribution in [2.24, 2.45) is 5.92 Å². The van der Waals surface area contributed by atoms with Crippen LogP contribution in [0.3, 0.4) is 0 Å². The van der Waals surface area contributed by atoms with Gasteiger partial charge in [-0.2, -0.15) is 4.98 Å². The number of rotatable bonds is 4. The molecule has 0 aliphatic rings. The van der Waals surface area contributed by atoms with E-state index in [-0.39, 0.29) is 0 Å². The zero-order valence-corrected chi connectivity index (χ0v) is 9.56. The van der Waals surface area contributed by atoms with Crippen molar-refractivity contribution in [3.05, 3.63) is 6.07 Å². The van der Waals surface area contributed by atoms with Gasteiger partial charge in [0.2, 0.25) is 5.95 Å². The summed E-state index contributed by atoms with van der Waals surface area (Å²) in [6.07, 6.45) is 0. The molecule has 14 heavy (non-hydrogen) atoms. The molecule has 0 atom stereocenters. The lowest BCUT2D eigenvalue weighted by Crippen LogP contribution is -2.01. The second-order valence-electron chi connectivity index (χ2n) is 3.40. The normalized spacial score (nSPS) is 10.6. The van der Waals surface area contributed by atoms with Crippen LogP contribution < -0.4 is 11.1 Å². The van der Waals surface area contributed by atoms with E-state index in [1.165, 1.54) is 0 Å². The topological polar surface area (TPSA) is 63.8 Å².